The summed E-state index contributed by atoms with van der Waals surface area (Å²) in [5.41, 5.74) is 0. The van der Waals surface area contributed by atoms with Crippen molar-refractivity contribution in [2.24, 2.45) is 0 Å². The van der Waals surface area contributed by atoms with Crippen LogP contribution in [0, 0.1) is 0 Å². The maximum atomic E-state index is 2.21. The number of rotatable bonds is 2. The molecule has 0 saturated carbocycles. The molecule has 0 atom stereocenters. The third kappa shape index (κ3) is 10.1. The number of quaternary nitrogens is 1. The van der Waals surface area contributed by atoms with Gasteiger partial charge in [0.25, 0.3) is 0 Å². The number of nitrogens with zero attached hydrogens (tertiary/aromatic N) is 1. The van der Waals surface area contributed by atoms with Crippen LogP contribution < -0.4 is 0 Å². The van der Waals surface area contributed by atoms with Gasteiger partial charge in [-0.2, -0.15) is 0 Å². The van der Waals surface area contributed by atoms with Crippen LogP contribution in [0.4, 0.5) is 0 Å². The van der Waals surface area contributed by atoms with Gasteiger partial charge in [0.15, 0.2) is 0 Å². The standard InChI is InChI=1S/C6H16N.Y/c1-5-6-7(2,3)4;/h5-6H2,1-4H3;/q+1;. The topological polar surface area (TPSA) is 0 Å². The molecule has 0 heterocycles. The van der Waals surface area contributed by atoms with E-state index in [1.165, 1.54) is 13.0 Å². The monoisotopic (exact) mass is 191 g/mol. The molecule has 0 saturated heterocycles. The molecule has 0 fully saturated rings. The second kappa shape index (κ2) is 4.90. The summed E-state index contributed by atoms with van der Waals surface area (Å²) in [5.74, 6) is 0. The molecule has 0 bridgehead atoms. The average Bonchev–Trinajstić information content (AvgIpc) is 1.30. The van der Waals surface area contributed by atoms with Crippen molar-refractivity contribution in [3.8, 4) is 0 Å². The molecular weight excluding hydrogens is 175 g/mol. The first-order chi connectivity index (χ1) is 3.06. The normalized spacial score (nSPS) is 10.5. The molecule has 2 heteroatoms. The zero-order valence-corrected chi connectivity index (χ0v) is 9.28. The Hall–Kier alpha value is 1.06. The molecule has 8 heavy (non-hydrogen) atoms. The van der Waals surface area contributed by atoms with E-state index >= 15 is 0 Å². The largest absolute Gasteiger partial charge is 0.331 e. The van der Waals surface area contributed by atoms with Crippen molar-refractivity contribution < 1.29 is 37.2 Å². The molecule has 0 rings (SSSR count). The Bertz CT molecular complexity index is 47.0. The molecular formula is C6H16NY+. The smallest absolute Gasteiger partial charge is 0.0777 e. The fourth-order valence-electron chi connectivity index (χ4n) is 0.671. The van der Waals surface area contributed by atoms with Gasteiger partial charge in [0.05, 0.1) is 27.7 Å². The van der Waals surface area contributed by atoms with Gasteiger partial charge in [-0.1, -0.05) is 6.92 Å². The van der Waals surface area contributed by atoms with Gasteiger partial charge in [-0.05, 0) is 6.42 Å². The fraction of sp³-hybridized carbons (Fsp3) is 1.00. The Morgan fingerprint density at radius 1 is 1.12 bits per heavy atom. The first-order valence-corrected chi connectivity index (χ1v) is 2.86. The first kappa shape index (κ1) is 11.8. The van der Waals surface area contributed by atoms with Gasteiger partial charge < -0.3 is 4.48 Å². The van der Waals surface area contributed by atoms with Crippen molar-refractivity contribution in [3.63, 3.8) is 0 Å². The molecule has 0 aliphatic carbocycles. The predicted octanol–water partition coefficient (Wildman–Crippen LogP) is 1.10. The summed E-state index contributed by atoms with van der Waals surface area (Å²) in [5, 5.41) is 0. The van der Waals surface area contributed by atoms with Crippen LogP contribution in [-0.2, 0) is 32.7 Å². The molecule has 0 aromatic rings. The van der Waals surface area contributed by atoms with Crippen molar-refractivity contribution in [2.45, 2.75) is 13.3 Å². The van der Waals surface area contributed by atoms with Crippen molar-refractivity contribution in [1.29, 1.82) is 0 Å². The molecule has 0 aliphatic rings. The third-order valence-corrected chi connectivity index (χ3v) is 0.894. The molecule has 0 N–H and O–H groups in total. The van der Waals surface area contributed by atoms with E-state index in [4.69, 9.17) is 0 Å². The SMILES string of the molecule is CCC[N+](C)(C)C.[Y]. The van der Waals surface area contributed by atoms with E-state index in [0.29, 0.717) is 0 Å². The van der Waals surface area contributed by atoms with E-state index in [0.717, 1.165) is 4.48 Å². The molecule has 1 radical (unpaired) electrons. The molecule has 0 aromatic heterocycles. The van der Waals surface area contributed by atoms with Crippen LogP contribution in [0.15, 0.2) is 0 Å². The zero-order chi connectivity index (χ0) is 5.91. The van der Waals surface area contributed by atoms with E-state index in [1.807, 2.05) is 0 Å². The third-order valence-electron chi connectivity index (χ3n) is 0.894. The van der Waals surface area contributed by atoms with Crippen molar-refractivity contribution in [1.82, 2.24) is 0 Å². The van der Waals surface area contributed by atoms with Crippen LogP contribution in [0.5, 0.6) is 0 Å². The van der Waals surface area contributed by atoms with Crippen molar-refractivity contribution in [3.05, 3.63) is 0 Å². The fourth-order valence-corrected chi connectivity index (χ4v) is 0.671. The minimum Gasteiger partial charge on any atom is -0.331 e. The summed E-state index contributed by atoms with van der Waals surface area (Å²) in [6, 6.07) is 0. The Morgan fingerprint density at radius 2 is 1.50 bits per heavy atom. The van der Waals surface area contributed by atoms with E-state index in [1.54, 1.807) is 0 Å². The van der Waals surface area contributed by atoms with Crippen LogP contribution in [0.1, 0.15) is 13.3 Å². The molecule has 47 valence electrons. The van der Waals surface area contributed by atoms with E-state index in [2.05, 4.69) is 28.1 Å². The Kier molecular flexibility index (Phi) is 7.23. The second-order valence-corrected chi connectivity index (χ2v) is 3.01. The van der Waals surface area contributed by atoms with E-state index in [9.17, 15) is 0 Å². The Labute approximate surface area is 77.9 Å². The summed E-state index contributed by atoms with van der Waals surface area (Å²) >= 11 is 0. The molecule has 1 nitrogen and oxygen atoms in total. The van der Waals surface area contributed by atoms with Gasteiger partial charge in [0.2, 0.25) is 0 Å². The van der Waals surface area contributed by atoms with Crippen LogP contribution in [0.2, 0.25) is 0 Å². The zero-order valence-electron chi connectivity index (χ0n) is 6.44. The van der Waals surface area contributed by atoms with E-state index in [-0.39, 0.29) is 32.7 Å². The number of hydrogen-bond acceptors (Lipinski definition) is 0. The number of hydrogen-bond donors (Lipinski definition) is 0. The van der Waals surface area contributed by atoms with Gasteiger partial charge in [0.1, 0.15) is 0 Å². The Balaban J connectivity index is 0. The first-order valence-electron chi connectivity index (χ1n) is 2.86. The maximum Gasteiger partial charge on any atom is 0.0777 e. The Morgan fingerprint density at radius 3 is 1.50 bits per heavy atom. The van der Waals surface area contributed by atoms with Gasteiger partial charge in [-0.3, -0.25) is 0 Å². The predicted molar refractivity (Wildman–Crippen MR) is 33.2 cm³/mol. The molecule has 0 amide bonds. The molecule has 0 aromatic carbocycles. The average molecular weight is 191 g/mol. The minimum atomic E-state index is 0. The summed E-state index contributed by atoms with van der Waals surface area (Å²) in [6.45, 7) is 3.49. The van der Waals surface area contributed by atoms with Gasteiger partial charge in [-0.15, -0.1) is 0 Å². The molecule has 0 spiro atoms. The van der Waals surface area contributed by atoms with Crippen LogP contribution >= 0.6 is 0 Å². The summed E-state index contributed by atoms with van der Waals surface area (Å²) in [6.07, 6.45) is 1.28. The summed E-state index contributed by atoms with van der Waals surface area (Å²) in [4.78, 5) is 0. The summed E-state index contributed by atoms with van der Waals surface area (Å²) < 4.78 is 1.09. The van der Waals surface area contributed by atoms with Crippen molar-refractivity contribution in [2.75, 3.05) is 27.7 Å². The molecule has 0 aliphatic heterocycles. The van der Waals surface area contributed by atoms with Crippen LogP contribution in [0.3, 0.4) is 0 Å². The maximum absolute atomic E-state index is 2.21. The minimum absolute atomic E-state index is 0. The van der Waals surface area contributed by atoms with Gasteiger partial charge in [0, 0.05) is 32.7 Å². The van der Waals surface area contributed by atoms with Crippen molar-refractivity contribution >= 4 is 0 Å². The van der Waals surface area contributed by atoms with Crippen LogP contribution in [0.25, 0.3) is 0 Å². The van der Waals surface area contributed by atoms with Crippen LogP contribution in [-0.4, -0.2) is 32.2 Å². The second-order valence-electron chi connectivity index (χ2n) is 3.01. The van der Waals surface area contributed by atoms with Gasteiger partial charge >= 0.3 is 0 Å². The summed E-state index contributed by atoms with van der Waals surface area (Å²) in [7, 11) is 6.64. The van der Waals surface area contributed by atoms with E-state index < -0.39 is 0 Å². The molecule has 0 unspecified atom stereocenters. The quantitative estimate of drug-likeness (QED) is 0.573. The van der Waals surface area contributed by atoms with Gasteiger partial charge in [-0.25, -0.2) is 0 Å².